The van der Waals surface area contributed by atoms with Crippen LogP contribution in [0, 0.1) is 18.3 Å². The summed E-state index contributed by atoms with van der Waals surface area (Å²) in [5.41, 5.74) is 6.04. The second kappa shape index (κ2) is 5.35. The Balaban J connectivity index is 2.14. The topological polar surface area (TPSA) is 145 Å². The summed E-state index contributed by atoms with van der Waals surface area (Å²) in [5, 5.41) is 26.2. The summed E-state index contributed by atoms with van der Waals surface area (Å²) < 4.78 is 5.45. The number of hydrogen-bond acceptors (Lipinski definition) is 6. The van der Waals surface area contributed by atoms with E-state index in [-0.39, 0.29) is 17.3 Å². The van der Waals surface area contributed by atoms with Crippen LogP contribution >= 0.6 is 0 Å². The van der Waals surface area contributed by atoms with Crippen LogP contribution in [0.5, 0.6) is 5.88 Å². The number of carboxylic acid groups (broad SMARTS) is 1. The van der Waals surface area contributed by atoms with Gasteiger partial charge in [0.05, 0.1) is 5.56 Å². The van der Waals surface area contributed by atoms with Crippen LogP contribution in [0.1, 0.15) is 23.7 Å². The highest BCUT2D eigenvalue weighted by atomic mass is 16.5. The average Bonchev–Trinajstić information content (AvgIpc) is 3.12. The van der Waals surface area contributed by atoms with Crippen molar-refractivity contribution in [2.45, 2.75) is 25.3 Å². The number of hydrogen-bond donors (Lipinski definition) is 3. The van der Waals surface area contributed by atoms with Gasteiger partial charge in [0.2, 0.25) is 17.7 Å². The first-order valence-electron chi connectivity index (χ1n) is 8.15. The van der Waals surface area contributed by atoms with E-state index in [9.17, 15) is 20.0 Å². The Hall–Kier alpha value is -3.80. The average molecular weight is 365 g/mol. The van der Waals surface area contributed by atoms with Crippen LogP contribution < -0.4 is 15.4 Å². The number of aromatic nitrogens is 2. The molecule has 27 heavy (non-hydrogen) atoms. The number of anilines is 1. The van der Waals surface area contributed by atoms with Gasteiger partial charge in [0.15, 0.2) is 0 Å². The van der Waals surface area contributed by atoms with Gasteiger partial charge in [0, 0.05) is 16.9 Å². The van der Waals surface area contributed by atoms with Crippen LogP contribution in [0.25, 0.3) is 0 Å². The van der Waals surface area contributed by atoms with E-state index < -0.39 is 23.3 Å². The molecule has 9 heteroatoms. The standard InChI is InChI=1S/C18H15N5O4/c1-8-13-15(22-21-8)27-14(20)11(7-19)18(13)10-5-3-4-6-12(10)23(17(18)26)9(2)16(24)25/h3-6,9H,20H2,1-2H3,(H,21,22)(H,24,25). The lowest BCUT2D eigenvalue weighted by atomic mass is 9.69. The first-order chi connectivity index (χ1) is 12.9. The number of nitrogens with zero attached hydrogens (tertiary/aromatic N) is 3. The number of carbonyl (C=O) groups excluding carboxylic acids is 1. The van der Waals surface area contributed by atoms with Crippen molar-refractivity contribution in [2.75, 3.05) is 4.90 Å². The van der Waals surface area contributed by atoms with Gasteiger partial charge in [-0.15, -0.1) is 5.10 Å². The van der Waals surface area contributed by atoms with Crippen molar-refractivity contribution in [3.05, 3.63) is 52.5 Å². The van der Waals surface area contributed by atoms with Crippen molar-refractivity contribution < 1.29 is 19.4 Å². The molecular formula is C18H15N5O4. The molecule has 4 N–H and O–H groups in total. The zero-order valence-corrected chi connectivity index (χ0v) is 14.5. The summed E-state index contributed by atoms with van der Waals surface area (Å²) >= 11 is 0. The van der Waals surface area contributed by atoms with E-state index in [1.807, 2.05) is 6.07 Å². The van der Waals surface area contributed by atoms with Crippen molar-refractivity contribution in [1.82, 2.24) is 10.2 Å². The third-order valence-corrected chi connectivity index (χ3v) is 5.08. The fraction of sp³-hybridized carbons (Fsp3) is 0.222. The Morgan fingerprint density at radius 1 is 1.48 bits per heavy atom. The second-order valence-electron chi connectivity index (χ2n) is 6.44. The van der Waals surface area contributed by atoms with E-state index in [0.717, 1.165) is 0 Å². The summed E-state index contributed by atoms with van der Waals surface area (Å²) in [5.74, 6) is -1.88. The SMILES string of the molecule is Cc1[nH]nc2c1C1(C(=O)N(C(C)C(=O)O)c3ccccc31)C(C#N)=C(N)O2. The molecular weight excluding hydrogens is 350 g/mol. The maximum Gasteiger partial charge on any atom is 0.326 e. The van der Waals surface area contributed by atoms with E-state index in [1.165, 1.54) is 11.8 Å². The normalized spacial score (nSPS) is 21.5. The first-order valence-corrected chi connectivity index (χ1v) is 8.15. The number of carboxylic acids is 1. The van der Waals surface area contributed by atoms with E-state index in [2.05, 4.69) is 10.2 Å². The van der Waals surface area contributed by atoms with Crippen molar-refractivity contribution in [2.24, 2.45) is 5.73 Å². The molecule has 0 radical (unpaired) electrons. The highest BCUT2D eigenvalue weighted by molar-refractivity contribution is 6.16. The molecule has 2 atom stereocenters. The van der Waals surface area contributed by atoms with E-state index in [4.69, 9.17) is 10.5 Å². The van der Waals surface area contributed by atoms with Gasteiger partial charge in [0.25, 0.3) is 0 Å². The largest absolute Gasteiger partial charge is 0.480 e. The predicted octanol–water partition coefficient (Wildman–Crippen LogP) is 0.910. The van der Waals surface area contributed by atoms with E-state index >= 15 is 0 Å². The van der Waals surface area contributed by atoms with Crippen LogP contribution in [0.2, 0.25) is 0 Å². The Labute approximate surface area is 153 Å². The number of ether oxygens (including phenoxy) is 1. The van der Waals surface area contributed by atoms with Gasteiger partial charge in [-0.3, -0.25) is 14.8 Å². The molecule has 1 aromatic heterocycles. The quantitative estimate of drug-likeness (QED) is 0.717. The zero-order chi connectivity index (χ0) is 19.5. The van der Waals surface area contributed by atoms with Crippen molar-refractivity contribution in [3.8, 4) is 11.9 Å². The first kappa shape index (κ1) is 16.7. The molecule has 4 rings (SSSR count). The van der Waals surface area contributed by atoms with Gasteiger partial charge >= 0.3 is 5.97 Å². The summed E-state index contributed by atoms with van der Waals surface area (Å²) in [6.45, 7) is 3.12. The third kappa shape index (κ3) is 1.84. The highest BCUT2D eigenvalue weighted by Crippen LogP contribution is 2.55. The molecule has 1 spiro atoms. The minimum Gasteiger partial charge on any atom is -0.480 e. The number of aromatic amines is 1. The van der Waals surface area contributed by atoms with Crippen LogP contribution in [-0.2, 0) is 15.0 Å². The Kier molecular flexibility index (Phi) is 3.30. The highest BCUT2D eigenvalue weighted by Gasteiger charge is 2.61. The number of aliphatic carboxylic acids is 1. The lowest BCUT2D eigenvalue weighted by Gasteiger charge is -2.33. The smallest absolute Gasteiger partial charge is 0.326 e. The Bertz CT molecular complexity index is 1080. The van der Waals surface area contributed by atoms with Gasteiger partial charge in [-0.1, -0.05) is 18.2 Å². The van der Waals surface area contributed by atoms with Gasteiger partial charge in [0.1, 0.15) is 23.1 Å². The summed E-state index contributed by atoms with van der Waals surface area (Å²) in [6, 6.07) is 7.62. The van der Waals surface area contributed by atoms with Crippen LogP contribution in [-0.4, -0.2) is 33.2 Å². The molecule has 0 fully saturated rings. The van der Waals surface area contributed by atoms with Crippen molar-refractivity contribution in [3.63, 3.8) is 0 Å². The molecule has 2 aromatic rings. The lowest BCUT2D eigenvalue weighted by Crippen LogP contribution is -2.50. The summed E-state index contributed by atoms with van der Waals surface area (Å²) in [4.78, 5) is 26.6. The molecule has 9 nitrogen and oxygen atoms in total. The Morgan fingerprint density at radius 2 is 2.19 bits per heavy atom. The maximum atomic E-state index is 13.7. The fourth-order valence-electron chi connectivity index (χ4n) is 3.91. The van der Waals surface area contributed by atoms with Gasteiger partial charge in [-0.25, -0.2) is 4.79 Å². The second-order valence-corrected chi connectivity index (χ2v) is 6.44. The zero-order valence-electron chi connectivity index (χ0n) is 14.5. The number of nitrogens with one attached hydrogen (secondary N) is 1. The minimum absolute atomic E-state index is 0.0861. The molecule has 1 aromatic carbocycles. The monoisotopic (exact) mass is 365 g/mol. The number of nitriles is 1. The molecule has 0 saturated carbocycles. The molecule has 2 aliphatic heterocycles. The minimum atomic E-state index is -1.61. The number of carbonyl (C=O) groups is 2. The third-order valence-electron chi connectivity index (χ3n) is 5.08. The number of benzene rings is 1. The van der Waals surface area contributed by atoms with Crippen LogP contribution in [0.3, 0.4) is 0 Å². The molecule has 136 valence electrons. The van der Waals surface area contributed by atoms with Gasteiger partial charge < -0.3 is 15.6 Å². The van der Waals surface area contributed by atoms with E-state index in [1.54, 1.807) is 31.2 Å². The molecule has 3 heterocycles. The number of aryl methyl sites for hydroxylation is 1. The number of fused-ring (bicyclic) bond motifs is 4. The van der Waals surface area contributed by atoms with Gasteiger partial charge in [-0.2, -0.15) is 5.26 Å². The molecule has 0 bridgehead atoms. The van der Waals surface area contributed by atoms with Gasteiger partial charge in [-0.05, 0) is 19.9 Å². The molecule has 1 amide bonds. The van der Waals surface area contributed by atoms with Crippen LogP contribution in [0.15, 0.2) is 35.7 Å². The predicted molar refractivity (Wildman–Crippen MR) is 92.6 cm³/mol. The molecule has 2 unspecified atom stereocenters. The van der Waals surface area contributed by atoms with Crippen molar-refractivity contribution >= 4 is 17.6 Å². The number of para-hydroxylation sites is 1. The summed E-state index contributed by atoms with van der Waals surface area (Å²) in [7, 11) is 0. The lowest BCUT2D eigenvalue weighted by molar-refractivity contribution is -0.139. The molecule has 2 aliphatic rings. The van der Waals surface area contributed by atoms with Crippen molar-refractivity contribution in [1.29, 1.82) is 5.26 Å². The number of amides is 1. The summed E-state index contributed by atoms with van der Waals surface area (Å²) in [6.07, 6.45) is 0. The number of H-pyrrole nitrogens is 1. The Morgan fingerprint density at radius 3 is 2.85 bits per heavy atom. The number of nitrogens with two attached hydrogens (primary N) is 1. The number of rotatable bonds is 2. The molecule has 0 saturated heterocycles. The maximum absolute atomic E-state index is 13.7. The van der Waals surface area contributed by atoms with E-state index in [0.29, 0.717) is 22.5 Å². The fourth-order valence-corrected chi connectivity index (χ4v) is 3.91. The molecule has 0 aliphatic carbocycles. The van der Waals surface area contributed by atoms with Crippen LogP contribution in [0.4, 0.5) is 5.69 Å².